The van der Waals surface area contributed by atoms with Crippen LogP contribution in [0, 0.1) is 5.92 Å². The normalized spacial score (nSPS) is 23.4. The number of aromatic nitrogens is 2. The maximum Gasteiger partial charge on any atom is 0.231 e. The topological polar surface area (TPSA) is 127 Å². The quantitative estimate of drug-likeness (QED) is 0.749. The Bertz CT molecular complexity index is 616. The molecule has 4 N–H and O–H groups in total. The predicted molar refractivity (Wildman–Crippen MR) is 86.2 cm³/mol. The summed E-state index contributed by atoms with van der Waals surface area (Å²) in [7, 11) is -3.41. The van der Waals surface area contributed by atoms with Crippen molar-refractivity contribution < 1.29 is 13.2 Å². The molecule has 1 saturated carbocycles. The van der Waals surface area contributed by atoms with E-state index in [0.29, 0.717) is 0 Å². The largest absolute Gasteiger partial charge is 0.327 e. The van der Waals surface area contributed by atoms with Gasteiger partial charge in [-0.2, -0.15) is 0 Å². The number of hydrogen-bond acceptors (Lipinski definition) is 7. The van der Waals surface area contributed by atoms with E-state index in [-0.39, 0.29) is 28.1 Å². The number of carbonyl (C=O) groups is 1. The second kappa shape index (κ2) is 7.34. The Kier molecular flexibility index (Phi) is 5.70. The van der Waals surface area contributed by atoms with E-state index in [2.05, 4.69) is 20.2 Å². The number of nitrogens with one attached hydrogen (secondary N) is 2. The average molecular weight is 347 g/mol. The van der Waals surface area contributed by atoms with Crippen molar-refractivity contribution in [3.63, 3.8) is 0 Å². The third kappa shape index (κ3) is 5.18. The number of anilines is 2. The van der Waals surface area contributed by atoms with Crippen LogP contribution < -0.4 is 15.8 Å². The monoisotopic (exact) mass is 347 g/mol. The molecule has 1 amide bonds. The van der Waals surface area contributed by atoms with E-state index in [0.717, 1.165) is 49.7 Å². The van der Waals surface area contributed by atoms with Crippen LogP contribution in [0.15, 0.2) is 0 Å². The minimum absolute atomic E-state index is 0.125. The zero-order valence-corrected chi connectivity index (χ0v) is 14.0. The number of carbonyl (C=O) groups excluding carboxylic acids is 1. The molecule has 0 aromatic carbocycles. The summed E-state index contributed by atoms with van der Waals surface area (Å²) in [6.07, 6.45) is 6.96. The molecule has 2 rings (SSSR count). The molecular formula is C12H21N5O3S2. The van der Waals surface area contributed by atoms with Crippen molar-refractivity contribution >= 4 is 37.5 Å². The second-order valence-electron chi connectivity index (χ2n) is 5.54. The van der Waals surface area contributed by atoms with Gasteiger partial charge < -0.3 is 11.1 Å². The molecule has 0 aliphatic heterocycles. The lowest BCUT2D eigenvalue weighted by molar-refractivity contribution is -0.120. The first-order valence-corrected chi connectivity index (χ1v) is 9.94. The van der Waals surface area contributed by atoms with Gasteiger partial charge in [0.25, 0.3) is 0 Å². The molecule has 124 valence electrons. The number of nitrogens with two attached hydrogens (primary N) is 1. The van der Waals surface area contributed by atoms with Crippen LogP contribution in [0.25, 0.3) is 0 Å². The molecule has 10 heteroatoms. The van der Waals surface area contributed by atoms with Crippen molar-refractivity contribution in [2.24, 2.45) is 11.7 Å². The maximum atomic E-state index is 12.3. The number of rotatable bonds is 4. The van der Waals surface area contributed by atoms with Gasteiger partial charge in [0, 0.05) is 6.04 Å². The number of amides is 1. The average Bonchev–Trinajstić information content (AvgIpc) is 2.79. The Hall–Kier alpha value is -1.26. The van der Waals surface area contributed by atoms with E-state index in [9.17, 15) is 13.2 Å². The van der Waals surface area contributed by atoms with E-state index in [1.165, 1.54) is 6.42 Å². The molecule has 0 radical (unpaired) electrons. The van der Waals surface area contributed by atoms with Crippen molar-refractivity contribution in [2.75, 3.05) is 16.3 Å². The fraction of sp³-hybridized carbons (Fsp3) is 0.750. The van der Waals surface area contributed by atoms with Gasteiger partial charge >= 0.3 is 0 Å². The lowest BCUT2D eigenvalue weighted by atomic mass is 9.87. The van der Waals surface area contributed by atoms with Crippen molar-refractivity contribution in [1.29, 1.82) is 0 Å². The minimum atomic E-state index is -3.41. The van der Waals surface area contributed by atoms with Gasteiger partial charge in [-0.1, -0.05) is 37.0 Å². The molecule has 8 nitrogen and oxygen atoms in total. The Morgan fingerprint density at radius 1 is 1.18 bits per heavy atom. The zero-order chi connectivity index (χ0) is 16.2. The van der Waals surface area contributed by atoms with Crippen LogP contribution in [0.4, 0.5) is 10.3 Å². The molecule has 2 atom stereocenters. The lowest BCUT2D eigenvalue weighted by Crippen LogP contribution is -2.39. The first kappa shape index (κ1) is 17.1. The van der Waals surface area contributed by atoms with Gasteiger partial charge in [0.1, 0.15) is 0 Å². The fourth-order valence-electron chi connectivity index (χ4n) is 2.51. The zero-order valence-electron chi connectivity index (χ0n) is 12.4. The van der Waals surface area contributed by atoms with Gasteiger partial charge in [0.05, 0.1) is 12.2 Å². The molecule has 0 spiro atoms. The van der Waals surface area contributed by atoms with Gasteiger partial charge in [-0.3, -0.25) is 9.52 Å². The van der Waals surface area contributed by atoms with Crippen LogP contribution in [0.1, 0.15) is 38.5 Å². The van der Waals surface area contributed by atoms with Gasteiger partial charge in [-0.25, -0.2) is 8.42 Å². The van der Waals surface area contributed by atoms with Crippen LogP contribution in [-0.2, 0) is 14.8 Å². The third-order valence-electron chi connectivity index (χ3n) is 3.58. The van der Waals surface area contributed by atoms with Crippen LogP contribution >= 0.6 is 11.3 Å². The van der Waals surface area contributed by atoms with Gasteiger partial charge in [0.15, 0.2) is 0 Å². The second-order valence-corrected chi connectivity index (χ2v) is 8.26. The molecule has 1 aromatic heterocycles. The molecule has 1 aromatic rings. The van der Waals surface area contributed by atoms with Crippen molar-refractivity contribution in [1.82, 2.24) is 10.2 Å². The first-order chi connectivity index (χ1) is 10.3. The van der Waals surface area contributed by atoms with Crippen LogP contribution in [0.5, 0.6) is 0 Å². The minimum Gasteiger partial charge on any atom is -0.327 e. The fourth-order valence-corrected chi connectivity index (χ4v) is 3.99. The van der Waals surface area contributed by atoms with E-state index in [1.54, 1.807) is 0 Å². The van der Waals surface area contributed by atoms with Crippen LogP contribution in [-0.4, -0.2) is 36.8 Å². The summed E-state index contributed by atoms with van der Waals surface area (Å²) in [5.41, 5.74) is 6.11. The number of hydrogen-bond donors (Lipinski definition) is 3. The Balaban J connectivity index is 1.98. The van der Waals surface area contributed by atoms with Crippen molar-refractivity contribution in [2.45, 2.75) is 44.6 Å². The number of nitrogens with zero attached hydrogens (tertiary/aromatic N) is 2. The molecule has 0 bridgehead atoms. The van der Waals surface area contributed by atoms with Gasteiger partial charge in [-0.05, 0) is 12.8 Å². The van der Waals surface area contributed by atoms with Crippen LogP contribution in [0.3, 0.4) is 0 Å². The summed E-state index contributed by atoms with van der Waals surface area (Å²) in [5.74, 6) is -0.410. The summed E-state index contributed by atoms with van der Waals surface area (Å²) in [6.45, 7) is 0. The van der Waals surface area contributed by atoms with E-state index in [4.69, 9.17) is 5.73 Å². The van der Waals surface area contributed by atoms with Gasteiger partial charge in [-0.15, -0.1) is 10.2 Å². The highest BCUT2D eigenvalue weighted by molar-refractivity contribution is 7.92. The molecule has 1 aliphatic carbocycles. The summed E-state index contributed by atoms with van der Waals surface area (Å²) >= 11 is 0.977. The van der Waals surface area contributed by atoms with E-state index in [1.807, 2.05) is 0 Å². The highest BCUT2D eigenvalue weighted by Crippen LogP contribution is 2.25. The molecule has 2 unspecified atom stereocenters. The lowest BCUT2D eigenvalue weighted by Gasteiger charge is -2.24. The smallest absolute Gasteiger partial charge is 0.231 e. The van der Waals surface area contributed by atoms with E-state index >= 15 is 0 Å². The van der Waals surface area contributed by atoms with Crippen molar-refractivity contribution in [3.8, 4) is 0 Å². The molecule has 22 heavy (non-hydrogen) atoms. The summed E-state index contributed by atoms with van der Waals surface area (Å²) in [4.78, 5) is 12.3. The molecule has 0 saturated heterocycles. The molecule has 1 heterocycles. The Morgan fingerprint density at radius 2 is 1.82 bits per heavy atom. The van der Waals surface area contributed by atoms with Crippen LogP contribution in [0.2, 0.25) is 0 Å². The Labute approximate surface area is 133 Å². The maximum absolute atomic E-state index is 12.3. The SMILES string of the molecule is CS(=O)(=O)Nc1nnc(NC(=O)C2CCCCCCC2N)s1. The summed E-state index contributed by atoms with van der Waals surface area (Å²) in [6, 6.07) is -0.151. The third-order valence-corrected chi connectivity index (χ3v) is 5.03. The highest BCUT2D eigenvalue weighted by Gasteiger charge is 2.27. The first-order valence-electron chi connectivity index (χ1n) is 7.23. The molecule has 1 fully saturated rings. The van der Waals surface area contributed by atoms with E-state index < -0.39 is 10.0 Å². The van der Waals surface area contributed by atoms with Crippen molar-refractivity contribution in [3.05, 3.63) is 0 Å². The number of sulfonamides is 1. The summed E-state index contributed by atoms with van der Waals surface area (Å²) < 4.78 is 24.5. The molecular weight excluding hydrogens is 326 g/mol. The summed E-state index contributed by atoms with van der Waals surface area (Å²) in [5, 5.41) is 10.5. The highest BCUT2D eigenvalue weighted by atomic mass is 32.2. The molecule has 1 aliphatic rings. The van der Waals surface area contributed by atoms with Gasteiger partial charge in [0.2, 0.25) is 26.2 Å². The standard InChI is InChI=1S/C12H21N5O3S2/c1-22(19,20)17-12-16-15-11(21-12)14-10(18)8-6-4-2-3-5-7-9(8)13/h8-9H,2-7,13H2,1H3,(H,16,17)(H,14,15,18). The Morgan fingerprint density at radius 3 is 2.50 bits per heavy atom. The predicted octanol–water partition coefficient (Wildman–Crippen LogP) is 1.15.